The number of carbonyl (C=O) groups excluding carboxylic acids is 2. The zero-order chi connectivity index (χ0) is 23.8. The van der Waals surface area contributed by atoms with E-state index in [9.17, 15) is 9.59 Å². The first kappa shape index (κ1) is 25.0. The fourth-order valence-electron chi connectivity index (χ4n) is 4.38. The second-order valence-electron chi connectivity index (χ2n) is 10.1. The monoisotopic (exact) mass is 450 g/mol. The van der Waals surface area contributed by atoms with Crippen molar-refractivity contribution in [3.05, 3.63) is 64.7 Å². The smallest absolute Gasteiger partial charge is 0.323 e. The Morgan fingerprint density at radius 1 is 1.00 bits per heavy atom. The summed E-state index contributed by atoms with van der Waals surface area (Å²) in [5, 5.41) is 0. The van der Waals surface area contributed by atoms with Crippen LogP contribution in [0, 0.1) is 0 Å². The highest BCUT2D eigenvalue weighted by Crippen LogP contribution is 2.45. The SMILES string of the molecule is CCCCCCCCOC(=O)CCc1cc2c(c(C(C)(C)C)c1)OC(=O)C2c1ccccc1. The molecule has 4 nitrogen and oxygen atoms in total. The summed E-state index contributed by atoms with van der Waals surface area (Å²) < 4.78 is 11.2. The number of ether oxygens (including phenoxy) is 2. The maximum absolute atomic E-state index is 12.8. The van der Waals surface area contributed by atoms with Crippen LogP contribution in [0.1, 0.15) is 101 Å². The molecule has 0 radical (unpaired) electrons. The molecule has 33 heavy (non-hydrogen) atoms. The number of aryl methyl sites for hydroxylation is 1. The first-order chi connectivity index (χ1) is 15.8. The van der Waals surface area contributed by atoms with Gasteiger partial charge >= 0.3 is 11.9 Å². The second kappa shape index (κ2) is 11.5. The minimum Gasteiger partial charge on any atom is -0.466 e. The predicted molar refractivity (Wildman–Crippen MR) is 132 cm³/mol. The standard InChI is InChI=1S/C29H38O4/c1-5-6-7-8-9-13-18-32-25(30)17-16-21-19-23-26(22-14-11-10-12-15-22)28(31)33-27(23)24(20-21)29(2,3)4/h10-12,14-15,19-20,26H,5-9,13,16-18H2,1-4H3. The molecule has 0 spiro atoms. The van der Waals surface area contributed by atoms with Crippen molar-refractivity contribution in [1.29, 1.82) is 0 Å². The molecule has 3 rings (SSSR count). The number of fused-ring (bicyclic) bond motifs is 1. The van der Waals surface area contributed by atoms with E-state index in [0.29, 0.717) is 25.2 Å². The quantitative estimate of drug-likeness (QED) is 0.213. The normalized spacial score (nSPS) is 15.3. The van der Waals surface area contributed by atoms with Crippen LogP contribution in [0.5, 0.6) is 5.75 Å². The van der Waals surface area contributed by atoms with E-state index in [0.717, 1.165) is 35.1 Å². The van der Waals surface area contributed by atoms with E-state index in [1.165, 1.54) is 25.7 Å². The molecule has 0 N–H and O–H groups in total. The lowest BCUT2D eigenvalue weighted by Crippen LogP contribution is -2.14. The van der Waals surface area contributed by atoms with Crippen LogP contribution < -0.4 is 4.74 Å². The first-order valence-corrected chi connectivity index (χ1v) is 12.4. The third-order valence-electron chi connectivity index (χ3n) is 6.25. The maximum atomic E-state index is 12.8. The minimum absolute atomic E-state index is 0.159. The van der Waals surface area contributed by atoms with Gasteiger partial charge in [0.15, 0.2) is 0 Å². The number of hydrogen-bond acceptors (Lipinski definition) is 4. The van der Waals surface area contributed by atoms with Crippen LogP contribution in [0.15, 0.2) is 42.5 Å². The van der Waals surface area contributed by atoms with Gasteiger partial charge in [-0.05, 0) is 29.4 Å². The maximum Gasteiger partial charge on any atom is 0.323 e. The molecule has 178 valence electrons. The van der Waals surface area contributed by atoms with Crippen LogP contribution in [0.4, 0.5) is 0 Å². The molecule has 4 heteroatoms. The summed E-state index contributed by atoms with van der Waals surface area (Å²) in [7, 11) is 0. The number of esters is 2. The van der Waals surface area contributed by atoms with Gasteiger partial charge < -0.3 is 9.47 Å². The number of unbranched alkanes of at least 4 members (excludes halogenated alkanes) is 5. The van der Waals surface area contributed by atoms with Crippen LogP contribution >= 0.6 is 0 Å². The molecule has 1 unspecified atom stereocenters. The summed E-state index contributed by atoms with van der Waals surface area (Å²) in [5.41, 5.74) is 3.67. The number of carbonyl (C=O) groups is 2. The van der Waals surface area contributed by atoms with Gasteiger partial charge in [-0.1, -0.05) is 102 Å². The average molecular weight is 451 g/mol. The fraction of sp³-hybridized carbons (Fsp3) is 0.517. The lowest BCUT2D eigenvalue weighted by molar-refractivity contribution is -0.143. The van der Waals surface area contributed by atoms with E-state index in [-0.39, 0.29) is 17.4 Å². The first-order valence-electron chi connectivity index (χ1n) is 12.4. The Morgan fingerprint density at radius 3 is 2.39 bits per heavy atom. The van der Waals surface area contributed by atoms with Crippen LogP contribution in [-0.2, 0) is 26.2 Å². The van der Waals surface area contributed by atoms with Gasteiger partial charge in [-0.2, -0.15) is 0 Å². The van der Waals surface area contributed by atoms with Gasteiger partial charge in [-0.3, -0.25) is 9.59 Å². The van der Waals surface area contributed by atoms with Crippen molar-refractivity contribution in [2.24, 2.45) is 0 Å². The van der Waals surface area contributed by atoms with E-state index < -0.39 is 5.92 Å². The number of rotatable bonds is 11. The van der Waals surface area contributed by atoms with Crippen molar-refractivity contribution in [2.45, 2.75) is 90.4 Å². The molecular weight excluding hydrogens is 412 g/mol. The van der Waals surface area contributed by atoms with Crippen molar-refractivity contribution >= 4 is 11.9 Å². The van der Waals surface area contributed by atoms with E-state index in [2.05, 4.69) is 33.8 Å². The molecular formula is C29H38O4. The van der Waals surface area contributed by atoms with Crippen molar-refractivity contribution < 1.29 is 19.1 Å². The number of benzene rings is 2. The summed E-state index contributed by atoms with van der Waals surface area (Å²) in [6.45, 7) is 9.06. The molecule has 0 saturated carbocycles. The van der Waals surface area contributed by atoms with Gasteiger partial charge in [-0.25, -0.2) is 0 Å². The summed E-state index contributed by atoms with van der Waals surface area (Å²) in [6.07, 6.45) is 7.95. The molecule has 0 fully saturated rings. The van der Waals surface area contributed by atoms with Gasteiger partial charge in [0.25, 0.3) is 0 Å². The lowest BCUT2D eigenvalue weighted by atomic mass is 9.81. The Hall–Kier alpha value is -2.62. The number of hydrogen-bond donors (Lipinski definition) is 0. The minimum atomic E-state index is -0.429. The van der Waals surface area contributed by atoms with E-state index in [4.69, 9.17) is 9.47 Å². The topological polar surface area (TPSA) is 52.6 Å². The highest BCUT2D eigenvalue weighted by molar-refractivity contribution is 5.90. The Morgan fingerprint density at radius 2 is 1.70 bits per heavy atom. The van der Waals surface area contributed by atoms with E-state index in [1.807, 2.05) is 36.4 Å². The van der Waals surface area contributed by atoms with Gasteiger partial charge in [0.05, 0.1) is 6.61 Å². The summed E-state index contributed by atoms with van der Waals surface area (Å²) in [5.74, 6) is -0.150. The summed E-state index contributed by atoms with van der Waals surface area (Å²) >= 11 is 0. The molecule has 1 atom stereocenters. The molecule has 2 aromatic carbocycles. The molecule has 1 aliphatic heterocycles. The highest BCUT2D eigenvalue weighted by atomic mass is 16.5. The van der Waals surface area contributed by atoms with Crippen LogP contribution in [0.3, 0.4) is 0 Å². The fourth-order valence-corrected chi connectivity index (χ4v) is 4.38. The third-order valence-corrected chi connectivity index (χ3v) is 6.25. The zero-order valence-electron chi connectivity index (χ0n) is 20.6. The lowest BCUT2D eigenvalue weighted by Gasteiger charge is -2.23. The van der Waals surface area contributed by atoms with Crippen LogP contribution in [0.2, 0.25) is 0 Å². The predicted octanol–water partition coefficient (Wildman–Crippen LogP) is 6.87. The third kappa shape index (κ3) is 6.69. The molecule has 0 aliphatic carbocycles. The Kier molecular flexibility index (Phi) is 8.71. The zero-order valence-corrected chi connectivity index (χ0v) is 20.6. The van der Waals surface area contributed by atoms with Crippen molar-refractivity contribution in [3.8, 4) is 5.75 Å². The van der Waals surface area contributed by atoms with Crippen molar-refractivity contribution in [3.63, 3.8) is 0 Å². The molecule has 2 aromatic rings. The Labute approximate surface area is 198 Å². The molecule has 1 heterocycles. The van der Waals surface area contributed by atoms with Gasteiger partial charge in [0, 0.05) is 17.5 Å². The van der Waals surface area contributed by atoms with Gasteiger partial charge in [0.1, 0.15) is 11.7 Å². The molecule has 0 bridgehead atoms. The Balaban J connectivity index is 1.68. The van der Waals surface area contributed by atoms with Crippen molar-refractivity contribution in [1.82, 2.24) is 0 Å². The van der Waals surface area contributed by atoms with Gasteiger partial charge in [0.2, 0.25) is 0 Å². The van der Waals surface area contributed by atoms with E-state index in [1.54, 1.807) is 0 Å². The molecule has 1 aliphatic rings. The van der Waals surface area contributed by atoms with Crippen LogP contribution in [-0.4, -0.2) is 18.5 Å². The Bertz CT molecular complexity index is 940. The summed E-state index contributed by atoms with van der Waals surface area (Å²) in [6, 6.07) is 13.9. The highest BCUT2D eigenvalue weighted by Gasteiger charge is 2.38. The van der Waals surface area contributed by atoms with Gasteiger partial charge in [-0.15, -0.1) is 0 Å². The molecule has 0 saturated heterocycles. The molecule has 0 amide bonds. The second-order valence-corrected chi connectivity index (χ2v) is 10.1. The van der Waals surface area contributed by atoms with E-state index >= 15 is 0 Å². The molecule has 0 aromatic heterocycles. The average Bonchev–Trinajstić information content (AvgIpc) is 3.11. The van der Waals surface area contributed by atoms with Crippen molar-refractivity contribution in [2.75, 3.05) is 6.61 Å². The largest absolute Gasteiger partial charge is 0.466 e. The van der Waals surface area contributed by atoms with Crippen LogP contribution in [0.25, 0.3) is 0 Å². The summed E-state index contributed by atoms with van der Waals surface area (Å²) in [4.78, 5) is 25.1.